The zero-order chi connectivity index (χ0) is 15.4. The molecule has 1 aromatic heterocycles. The van der Waals surface area contributed by atoms with E-state index in [-0.39, 0.29) is 12.5 Å². The molecule has 0 saturated carbocycles. The van der Waals surface area contributed by atoms with Crippen molar-refractivity contribution in [2.45, 2.75) is 26.8 Å². The highest BCUT2D eigenvalue weighted by Gasteiger charge is 2.13. The van der Waals surface area contributed by atoms with Crippen LogP contribution in [-0.4, -0.2) is 27.9 Å². The van der Waals surface area contributed by atoms with Crippen molar-refractivity contribution in [3.8, 4) is 0 Å². The summed E-state index contributed by atoms with van der Waals surface area (Å²) >= 11 is 9.29. The molecule has 1 aromatic carbocycles. The number of hydrogen-bond donors (Lipinski definition) is 1. The number of carbonyl (C=O) groups is 1. The molecule has 1 N–H and O–H groups in total. The lowest BCUT2D eigenvalue weighted by Crippen LogP contribution is -2.31. The molecule has 0 aliphatic heterocycles. The summed E-state index contributed by atoms with van der Waals surface area (Å²) < 4.78 is 2.92. The smallest absolute Gasteiger partial charge is 0.240 e. The summed E-state index contributed by atoms with van der Waals surface area (Å²) in [7, 11) is 0. The van der Waals surface area contributed by atoms with Crippen molar-refractivity contribution in [1.29, 1.82) is 0 Å². The topological polar surface area (TPSA) is 46.9 Å². The minimum Gasteiger partial charge on any atom is -0.354 e. The lowest BCUT2D eigenvalue weighted by molar-refractivity contribution is -0.121. The average Bonchev–Trinajstić information content (AvgIpc) is 2.74. The standard InChI is InChI=1S/C15H19BrClN3O/c1-10(2)8-18-15(21)9-20-13-4-3-11(16)7-12(13)19-14(20)5-6-17/h3-4,7,10H,5-6,8-9H2,1-2H3,(H,18,21). The van der Waals surface area contributed by atoms with Gasteiger partial charge in [-0.25, -0.2) is 4.98 Å². The highest BCUT2D eigenvalue weighted by Crippen LogP contribution is 2.21. The van der Waals surface area contributed by atoms with Crippen LogP contribution in [0.15, 0.2) is 22.7 Å². The van der Waals surface area contributed by atoms with E-state index >= 15 is 0 Å². The second-order valence-electron chi connectivity index (χ2n) is 5.38. The van der Waals surface area contributed by atoms with E-state index in [9.17, 15) is 4.79 Å². The quantitative estimate of drug-likeness (QED) is 0.790. The summed E-state index contributed by atoms with van der Waals surface area (Å²) in [6, 6.07) is 5.88. The minimum absolute atomic E-state index is 0.00161. The summed E-state index contributed by atoms with van der Waals surface area (Å²) in [6.45, 7) is 5.10. The Kier molecular flexibility index (Phi) is 5.65. The van der Waals surface area contributed by atoms with E-state index in [1.54, 1.807) is 0 Å². The number of aryl methyl sites for hydroxylation is 1. The molecule has 2 rings (SSSR count). The molecule has 0 unspecified atom stereocenters. The van der Waals surface area contributed by atoms with Crippen molar-refractivity contribution in [2.75, 3.05) is 12.4 Å². The van der Waals surface area contributed by atoms with Crippen molar-refractivity contribution in [3.63, 3.8) is 0 Å². The van der Waals surface area contributed by atoms with E-state index in [2.05, 4.69) is 40.1 Å². The number of hydrogen-bond acceptors (Lipinski definition) is 2. The summed E-state index contributed by atoms with van der Waals surface area (Å²) in [5.41, 5.74) is 1.83. The molecule has 0 aliphatic carbocycles. The van der Waals surface area contributed by atoms with Crippen LogP contribution in [0, 0.1) is 5.92 Å². The van der Waals surface area contributed by atoms with Gasteiger partial charge in [0.1, 0.15) is 12.4 Å². The fourth-order valence-electron chi connectivity index (χ4n) is 2.12. The van der Waals surface area contributed by atoms with Crippen LogP contribution < -0.4 is 5.32 Å². The number of amides is 1. The number of aromatic nitrogens is 2. The molecule has 0 bridgehead atoms. The maximum atomic E-state index is 12.1. The van der Waals surface area contributed by atoms with Gasteiger partial charge in [-0.3, -0.25) is 4.79 Å². The molecule has 114 valence electrons. The molecular formula is C15H19BrClN3O. The van der Waals surface area contributed by atoms with E-state index in [1.165, 1.54) is 0 Å². The van der Waals surface area contributed by atoms with Crippen molar-refractivity contribution in [1.82, 2.24) is 14.9 Å². The molecule has 2 aromatic rings. The third-order valence-electron chi connectivity index (χ3n) is 3.12. The Balaban J connectivity index is 2.27. The van der Waals surface area contributed by atoms with Crippen LogP contribution in [0.1, 0.15) is 19.7 Å². The Morgan fingerprint density at radius 3 is 2.90 bits per heavy atom. The second-order valence-corrected chi connectivity index (χ2v) is 6.68. The molecule has 0 atom stereocenters. The summed E-state index contributed by atoms with van der Waals surface area (Å²) in [6.07, 6.45) is 0.644. The van der Waals surface area contributed by atoms with E-state index < -0.39 is 0 Å². The Morgan fingerprint density at radius 2 is 2.24 bits per heavy atom. The summed E-state index contributed by atoms with van der Waals surface area (Å²) in [5.74, 6) is 1.77. The highest BCUT2D eigenvalue weighted by molar-refractivity contribution is 9.10. The van der Waals surface area contributed by atoms with Gasteiger partial charge in [-0.15, -0.1) is 11.6 Å². The van der Waals surface area contributed by atoms with Gasteiger partial charge < -0.3 is 9.88 Å². The molecule has 1 amide bonds. The molecule has 4 nitrogen and oxygen atoms in total. The number of nitrogens with one attached hydrogen (secondary N) is 1. The highest BCUT2D eigenvalue weighted by atomic mass is 79.9. The monoisotopic (exact) mass is 371 g/mol. The first-order valence-corrected chi connectivity index (χ1v) is 8.31. The lowest BCUT2D eigenvalue weighted by atomic mass is 10.2. The Labute approximate surface area is 138 Å². The Bertz CT molecular complexity index is 639. The molecule has 0 fully saturated rings. The van der Waals surface area contributed by atoms with Crippen LogP contribution in [0.2, 0.25) is 0 Å². The number of imidazole rings is 1. The fraction of sp³-hybridized carbons (Fsp3) is 0.467. The van der Waals surface area contributed by atoms with Gasteiger partial charge in [-0.2, -0.15) is 0 Å². The first kappa shape index (κ1) is 16.3. The minimum atomic E-state index is 0.00161. The molecule has 0 aliphatic rings. The summed E-state index contributed by atoms with van der Waals surface area (Å²) in [4.78, 5) is 16.7. The third-order valence-corrected chi connectivity index (χ3v) is 3.80. The zero-order valence-electron chi connectivity index (χ0n) is 12.2. The van der Waals surface area contributed by atoms with E-state index in [1.807, 2.05) is 22.8 Å². The van der Waals surface area contributed by atoms with Gasteiger partial charge in [-0.1, -0.05) is 29.8 Å². The molecular weight excluding hydrogens is 354 g/mol. The molecule has 6 heteroatoms. The number of halogens is 2. The molecule has 21 heavy (non-hydrogen) atoms. The number of alkyl halides is 1. The second kappa shape index (κ2) is 7.27. The average molecular weight is 373 g/mol. The van der Waals surface area contributed by atoms with Gasteiger partial charge in [0.2, 0.25) is 5.91 Å². The normalized spacial score (nSPS) is 11.3. The molecule has 1 heterocycles. The van der Waals surface area contributed by atoms with Crippen LogP contribution in [0.4, 0.5) is 0 Å². The predicted octanol–water partition coefficient (Wildman–Crippen LogP) is 3.35. The van der Waals surface area contributed by atoms with Gasteiger partial charge in [0.05, 0.1) is 11.0 Å². The number of rotatable bonds is 6. The number of nitrogens with zero attached hydrogens (tertiary/aromatic N) is 2. The van der Waals surface area contributed by atoms with Crippen molar-refractivity contribution >= 4 is 44.5 Å². The first-order chi connectivity index (χ1) is 10.0. The lowest BCUT2D eigenvalue weighted by Gasteiger charge is -2.11. The van der Waals surface area contributed by atoms with Gasteiger partial charge in [0.15, 0.2) is 0 Å². The Hall–Kier alpha value is -1.07. The van der Waals surface area contributed by atoms with Gasteiger partial charge >= 0.3 is 0 Å². The largest absolute Gasteiger partial charge is 0.354 e. The van der Waals surface area contributed by atoms with E-state index in [0.717, 1.165) is 21.3 Å². The van der Waals surface area contributed by atoms with Crippen molar-refractivity contribution in [2.24, 2.45) is 5.92 Å². The molecule has 0 radical (unpaired) electrons. The third kappa shape index (κ3) is 4.20. The van der Waals surface area contributed by atoms with Gasteiger partial charge in [0.25, 0.3) is 0 Å². The number of benzene rings is 1. The number of fused-ring (bicyclic) bond motifs is 1. The predicted molar refractivity (Wildman–Crippen MR) is 89.7 cm³/mol. The Morgan fingerprint density at radius 1 is 1.48 bits per heavy atom. The SMILES string of the molecule is CC(C)CNC(=O)Cn1c(CCCl)nc2cc(Br)ccc21. The zero-order valence-corrected chi connectivity index (χ0v) is 14.5. The molecule has 0 saturated heterocycles. The van der Waals surface area contributed by atoms with Crippen molar-refractivity contribution in [3.05, 3.63) is 28.5 Å². The summed E-state index contributed by atoms with van der Waals surface area (Å²) in [5, 5.41) is 2.94. The maximum Gasteiger partial charge on any atom is 0.240 e. The van der Waals surface area contributed by atoms with Crippen LogP contribution in [0.5, 0.6) is 0 Å². The maximum absolute atomic E-state index is 12.1. The van der Waals surface area contributed by atoms with Crippen LogP contribution in [0.3, 0.4) is 0 Å². The fourth-order valence-corrected chi connectivity index (χ4v) is 2.64. The first-order valence-electron chi connectivity index (χ1n) is 6.98. The van der Waals surface area contributed by atoms with Gasteiger partial charge in [0, 0.05) is 23.3 Å². The van der Waals surface area contributed by atoms with E-state index in [0.29, 0.717) is 24.8 Å². The van der Waals surface area contributed by atoms with Gasteiger partial charge in [-0.05, 0) is 24.1 Å². The molecule has 0 spiro atoms. The number of carbonyl (C=O) groups excluding carboxylic acids is 1. The van der Waals surface area contributed by atoms with Crippen LogP contribution in [0.25, 0.3) is 11.0 Å². The van der Waals surface area contributed by atoms with Crippen LogP contribution >= 0.6 is 27.5 Å². The van der Waals surface area contributed by atoms with Crippen LogP contribution in [-0.2, 0) is 17.8 Å². The van der Waals surface area contributed by atoms with E-state index in [4.69, 9.17) is 11.6 Å². The van der Waals surface area contributed by atoms with Crippen molar-refractivity contribution < 1.29 is 4.79 Å².